The Balaban J connectivity index is 3.76. The van der Waals surface area contributed by atoms with Gasteiger partial charge in [-0.15, -0.1) is 0 Å². The zero-order valence-electron chi connectivity index (χ0n) is 10.8. The van der Waals surface area contributed by atoms with Crippen LogP contribution in [0.2, 0.25) is 0 Å². The van der Waals surface area contributed by atoms with E-state index in [0.29, 0.717) is 6.04 Å². The third kappa shape index (κ3) is 7.37. The summed E-state index contributed by atoms with van der Waals surface area (Å²) >= 11 is 0. The van der Waals surface area contributed by atoms with E-state index in [9.17, 15) is 0 Å². The number of rotatable bonds is 8. The van der Waals surface area contributed by atoms with E-state index >= 15 is 0 Å². The van der Waals surface area contributed by atoms with Gasteiger partial charge < -0.3 is 5.32 Å². The summed E-state index contributed by atoms with van der Waals surface area (Å²) in [5, 5.41) is 3.56. The SMILES string of the molecule is CCCC(CNC(C)C)CC(C)CC. The van der Waals surface area contributed by atoms with Crippen LogP contribution in [0.5, 0.6) is 0 Å². The van der Waals surface area contributed by atoms with Crippen LogP contribution < -0.4 is 5.32 Å². The molecule has 0 rings (SSSR count). The fourth-order valence-corrected chi connectivity index (χ4v) is 1.85. The van der Waals surface area contributed by atoms with Gasteiger partial charge in [-0.05, 0) is 31.2 Å². The molecule has 0 aromatic rings. The van der Waals surface area contributed by atoms with E-state index < -0.39 is 0 Å². The molecule has 0 bridgehead atoms. The van der Waals surface area contributed by atoms with Gasteiger partial charge in [0.15, 0.2) is 0 Å². The minimum absolute atomic E-state index is 0.631. The lowest BCUT2D eigenvalue weighted by Gasteiger charge is -2.21. The molecule has 0 aliphatic rings. The first-order valence-electron chi connectivity index (χ1n) is 6.33. The van der Waals surface area contributed by atoms with E-state index in [2.05, 4.69) is 39.9 Å². The van der Waals surface area contributed by atoms with Crippen LogP contribution >= 0.6 is 0 Å². The van der Waals surface area contributed by atoms with Crippen molar-refractivity contribution in [1.82, 2.24) is 5.32 Å². The van der Waals surface area contributed by atoms with Gasteiger partial charge in [0.05, 0.1) is 0 Å². The molecule has 0 saturated heterocycles. The lowest BCUT2D eigenvalue weighted by atomic mass is 9.90. The van der Waals surface area contributed by atoms with Crippen molar-refractivity contribution >= 4 is 0 Å². The van der Waals surface area contributed by atoms with Crippen LogP contribution in [0.1, 0.15) is 60.3 Å². The molecule has 1 nitrogen and oxygen atoms in total. The van der Waals surface area contributed by atoms with Crippen LogP contribution in [-0.2, 0) is 0 Å². The van der Waals surface area contributed by atoms with E-state index in [1.165, 1.54) is 32.2 Å². The first-order valence-corrected chi connectivity index (χ1v) is 6.33. The van der Waals surface area contributed by atoms with E-state index in [1.807, 2.05) is 0 Å². The van der Waals surface area contributed by atoms with Crippen molar-refractivity contribution in [2.45, 2.75) is 66.3 Å². The van der Waals surface area contributed by atoms with Gasteiger partial charge in [0.2, 0.25) is 0 Å². The number of hydrogen-bond acceptors (Lipinski definition) is 1. The topological polar surface area (TPSA) is 12.0 Å². The maximum atomic E-state index is 3.56. The molecule has 0 saturated carbocycles. The fraction of sp³-hybridized carbons (Fsp3) is 1.00. The van der Waals surface area contributed by atoms with Crippen molar-refractivity contribution in [2.75, 3.05) is 6.54 Å². The molecule has 86 valence electrons. The minimum Gasteiger partial charge on any atom is -0.314 e. The summed E-state index contributed by atoms with van der Waals surface area (Å²) in [5.74, 6) is 1.78. The van der Waals surface area contributed by atoms with Gasteiger partial charge in [0, 0.05) is 6.04 Å². The smallest absolute Gasteiger partial charge is 0.00104 e. The van der Waals surface area contributed by atoms with Gasteiger partial charge in [-0.3, -0.25) is 0 Å². The molecule has 2 atom stereocenters. The number of nitrogens with one attached hydrogen (secondary N) is 1. The van der Waals surface area contributed by atoms with Crippen molar-refractivity contribution < 1.29 is 0 Å². The van der Waals surface area contributed by atoms with Gasteiger partial charge >= 0.3 is 0 Å². The van der Waals surface area contributed by atoms with Crippen LogP contribution in [0.25, 0.3) is 0 Å². The minimum atomic E-state index is 0.631. The summed E-state index contributed by atoms with van der Waals surface area (Å²) in [6.07, 6.45) is 5.41. The van der Waals surface area contributed by atoms with Crippen LogP contribution in [0.3, 0.4) is 0 Å². The summed E-state index contributed by atoms with van der Waals surface area (Å²) < 4.78 is 0. The van der Waals surface area contributed by atoms with Gasteiger partial charge in [0.1, 0.15) is 0 Å². The van der Waals surface area contributed by atoms with E-state index in [-0.39, 0.29) is 0 Å². The van der Waals surface area contributed by atoms with Crippen LogP contribution in [0.4, 0.5) is 0 Å². The molecule has 0 aromatic carbocycles. The second-order valence-electron chi connectivity index (χ2n) is 4.97. The standard InChI is InChI=1S/C13H29N/c1-6-8-13(9-12(5)7-2)10-14-11(3)4/h11-14H,6-10H2,1-5H3. The van der Waals surface area contributed by atoms with Crippen molar-refractivity contribution in [3.8, 4) is 0 Å². The molecular formula is C13H29N. The number of hydrogen-bond donors (Lipinski definition) is 1. The largest absolute Gasteiger partial charge is 0.314 e. The molecule has 0 aliphatic heterocycles. The summed E-state index contributed by atoms with van der Waals surface area (Å²) in [6, 6.07) is 0.631. The normalized spacial score (nSPS) is 15.9. The Labute approximate surface area is 90.7 Å². The molecule has 0 fully saturated rings. The van der Waals surface area contributed by atoms with Gasteiger partial charge in [-0.2, -0.15) is 0 Å². The Bertz CT molecular complexity index is 120. The second kappa shape index (κ2) is 8.28. The van der Waals surface area contributed by atoms with Gasteiger partial charge in [-0.25, -0.2) is 0 Å². The maximum absolute atomic E-state index is 3.56. The Hall–Kier alpha value is -0.0400. The van der Waals surface area contributed by atoms with Crippen molar-refractivity contribution in [3.63, 3.8) is 0 Å². The van der Waals surface area contributed by atoms with Gasteiger partial charge in [-0.1, -0.05) is 47.5 Å². The molecular weight excluding hydrogens is 170 g/mol. The highest BCUT2D eigenvalue weighted by Gasteiger charge is 2.11. The molecule has 1 N–H and O–H groups in total. The molecule has 0 amide bonds. The summed E-state index contributed by atoms with van der Waals surface area (Å²) in [7, 11) is 0. The highest BCUT2D eigenvalue weighted by Crippen LogP contribution is 2.18. The first-order chi connectivity index (χ1) is 6.60. The average Bonchev–Trinajstić information content (AvgIpc) is 2.14. The van der Waals surface area contributed by atoms with E-state index in [1.54, 1.807) is 0 Å². The van der Waals surface area contributed by atoms with E-state index in [4.69, 9.17) is 0 Å². The maximum Gasteiger partial charge on any atom is 0.00104 e. The van der Waals surface area contributed by atoms with Crippen LogP contribution in [0, 0.1) is 11.8 Å². The Morgan fingerprint density at radius 1 is 1.07 bits per heavy atom. The zero-order chi connectivity index (χ0) is 11.0. The van der Waals surface area contributed by atoms with Crippen molar-refractivity contribution in [1.29, 1.82) is 0 Å². The zero-order valence-corrected chi connectivity index (χ0v) is 10.8. The molecule has 0 radical (unpaired) electrons. The second-order valence-corrected chi connectivity index (χ2v) is 4.97. The summed E-state index contributed by atoms with van der Waals surface area (Å²) in [4.78, 5) is 0. The molecule has 14 heavy (non-hydrogen) atoms. The highest BCUT2D eigenvalue weighted by molar-refractivity contribution is 4.67. The molecule has 1 heteroatoms. The lowest BCUT2D eigenvalue weighted by molar-refractivity contribution is 0.336. The molecule has 2 unspecified atom stereocenters. The Kier molecular flexibility index (Phi) is 8.26. The molecule has 0 aliphatic carbocycles. The predicted molar refractivity (Wildman–Crippen MR) is 65.6 cm³/mol. The average molecular weight is 199 g/mol. The first kappa shape index (κ1) is 14.0. The van der Waals surface area contributed by atoms with Crippen molar-refractivity contribution in [3.05, 3.63) is 0 Å². The monoisotopic (exact) mass is 199 g/mol. The van der Waals surface area contributed by atoms with Crippen LogP contribution in [-0.4, -0.2) is 12.6 Å². The molecule has 0 heterocycles. The third-order valence-electron chi connectivity index (χ3n) is 2.94. The quantitative estimate of drug-likeness (QED) is 0.626. The van der Waals surface area contributed by atoms with Gasteiger partial charge in [0.25, 0.3) is 0 Å². The van der Waals surface area contributed by atoms with E-state index in [0.717, 1.165) is 11.8 Å². The summed E-state index contributed by atoms with van der Waals surface area (Å²) in [5.41, 5.74) is 0. The third-order valence-corrected chi connectivity index (χ3v) is 2.94. The van der Waals surface area contributed by atoms with Crippen LogP contribution in [0.15, 0.2) is 0 Å². The van der Waals surface area contributed by atoms with Crippen molar-refractivity contribution in [2.24, 2.45) is 11.8 Å². The highest BCUT2D eigenvalue weighted by atomic mass is 14.9. The Morgan fingerprint density at radius 3 is 2.14 bits per heavy atom. The lowest BCUT2D eigenvalue weighted by Crippen LogP contribution is -2.29. The Morgan fingerprint density at radius 2 is 1.71 bits per heavy atom. The molecule has 0 spiro atoms. The molecule has 0 aromatic heterocycles. The fourth-order valence-electron chi connectivity index (χ4n) is 1.85. The predicted octanol–water partition coefficient (Wildman–Crippen LogP) is 3.84. The summed E-state index contributed by atoms with van der Waals surface area (Å²) in [6.45, 7) is 12.6.